The lowest BCUT2D eigenvalue weighted by Crippen LogP contribution is -2.25. The van der Waals surface area contributed by atoms with Crippen molar-refractivity contribution in [3.8, 4) is 0 Å². The van der Waals surface area contributed by atoms with Gasteiger partial charge in [0.25, 0.3) is 0 Å². The summed E-state index contributed by atoms with van der Waals surface area (Å²) in [5.74, 6) is 0. The van der Waals surface area contributed by atoms with Gasteiger partial charge in [-0.3, -0.25) is 0 Å². The van der Waals surface area contributed by atoms with Crippen LogP contribution in [0.1, 0.15) is 19.4 Å². The molecule has 1 aliphatic heterocycles. The van der Waals surface area contributed by atoms with Gasteiger partial charge in [-0.2, -0.15) is 0 Å². The Labute approximate surface area is 89.0 Å². The zero-order valence-electron chi connectivity index (χ0n) is 8.56. The van der Waals surface area contributed by atoms with E-state index in [0.717, 1.165) is 0 Å². The molecule has 0 spiro atoms. The lowest BCUT2D eigenvalue weighted by Gasteiger charge is -2.18. The lowest BCUT2D eigenvalue weighted by atomic mass is 10.1. The number of rotatable bonds is 1. The van der Waals surface area contributed by atoms with Crippen LogP contribution >= 0.6 is 0 Å². The zero-order valence-corrected chi connectivity index (χ0v) is 9.38. The number of sulfone groups is 1. The van der Waals surface area contributed by atoms with E-state index in [1.807, 2.05) is 0 Å². The van der Waals surface area contributed by atoms with Crippen molar-refractivity contribution in [3.05, 3.63) is 34.7 Å². The van der Waals surface area contributed by atoms with E-state index in [-0.39, 0.29) is 9.80 Å². The van der Waals surface area contributed by atoms with Crippen molar-refractivity contribution in [1.29, 1.82) is 0 Å². The first kappa shape index (κ1) is 10.4. The molecule has 1 aromatic carbocycles. The molecule has 2 rings (SSSR count). The Balaban J connectivity index is 2.70. The molecular weight excluding hydrogens is 212 g/mol. The largest absolute Gasteiger partial charge is 0.385 e. The van der Waals surface area contributed by atoms with Gasteiger partial charge < -0.3 is 5.11 Å². The van der Waals surface area contributed by atoms with Gasteiger partial charge in [0, 0.05) is 0 Å². The summed E-state index contributed by atoms with van der Waals surface area (Å²) in [7, 11) is -3.49. The summed E-state index contributed by atoms with van der Waals surface area (Å²) in [6.45, 7) is 2.95. The molecule has 0 aliphatic carbocycles. The second-order valence-corrected chi connectivity index (χ2v) is 6.00. The molecule has 0 fully saturated rings. The van der Waals surface area contributed by atoms with Crippen molar-refractivity contribution in [2.24, 2.45) is 0 Å². The fraction of sp³-hybridized carbons (Fsp3) is 0.273. The third-order valence-electron chi connectivity index (χ3n) is 2.39. The van der Waals surface area contributed by atoms with Crippen LogP contribution < -0.4 is 0 Å². The predicted octanol–water partition coefficient (Wildman–Crippen LogP) is 1.59. The maximum absolute atomic E-state index is 12.0. The number of hydrogen-bond acceptors (Lipinski definition) is 3. The molecule has 0 atom stereocenters. The molecule has 1 aliphatic rings. The Morgan fingerprint density at radius 3 is 2.33 bits per heavy atom. The number of hydrogen-bond donors (Lipinski definition) is 1. The number of aliphatic hydroxyl groups is 1. The molecule has 3 nitrogen and oxygen atoms in total. The van der Waals surface area contributed by atoms with Crippen molar-refractivity contribution < 1.29 is 13.5 Å². The van der Waals surface area contributed by atoms with E-state index in [2.05, 4.69) is 0 Å². The average molecular weight is 224 g/mol. The lowest BCUT2D eigenvalue weighted by molar-refractivity contribution is 0.129. The fourth-order valence-electron chi connectivity index (χ4n) is 1.69. The number of benzene rings is 1. The van der Waals surface area contributed by atoms with Gasteiger partial charge in [0.2, 0.25) is 9.84 Å². The summed E-state index contributed by atoms with van der Waals surface area (Å²) in [6, 6.07) is 6.74. The van der Waals surface area contributed by atoms with Crippen LogP contribution in [0.5, 0.6) is 0 Å². The standard InChI is InChI=1S/C11H12O3S/c1-11(2,12)10-7-8-5-3-4-6-9(8)15(10,13)14/h3-7,12H,1-2H3. The Bertz CT molecular complexity index is 533. The van der Waals surface area contributed by atoms with Crippen molar-refractivity contribution in [2.75, 3.05) is 0 Å². The summed E-state index contributed by atoms with van der Waals surface area (Å²) in [5, 5.41) is 9.78. The maximum Gasteiger partial charge on any atom is 0.206 e. The van der Waals surface area contributed by atoms with Crippen molar-refractivity contribution in [2.45, 2.75) is 24.3 Å². The SMILES string of the molecule is CC(C)(O)C1=Cc2ccccc2S1(=O)=O. The van der Waals surface area contributed by atoms with Gasteiger partial charge in [0.1, 0.15) is 0 Å². The van der Waals surface area contributed by atoms with Crippen molar-refractivity contribution in [3.63, 3.8) is 0 Å². The van der Waals surface area contributed by atoms with Gasteiger partial charge >= 0.3 is 0 Å². The van der Waals surface area contributed by atoms with E-state index in [1.54, 1.807) is 24.3 Å². The quantitative estimate of drug-likeness (QED) is 0.788. The average Bonchev–Trinajstić information content (AvgIpc) is 2.39. The van der Waals surface area contributed by atoms with Gasteiger partial charge in [-0.05, 0) is 31.6 Å². The van der Waals surface area contributed by atoms with Crippen LogP contribution in [-0.2, 0) is 9.84 Å². The van der Waals surface area contributed by atoms with E-state index in [9.17, 15) is 13.5 Å². The Hall–Kier alpha value is -1.13. The van der Waals surface area contributed by atoms with Gasteiger partial charge in [-0.25, -0.2) is 8.42 Å². The normalized spacial score (nSPS) is 18.5. The molecule has 1 aromatic rings. The minimum absolute atomic E-state index is 0.0659. The van der Waals surface area contributed by atoms with Crippen LogP contribution in [0.15, 0.2) is 34.1 Å². The highest BCUT2D eigenvalue weighted by atomic mass is 32.2. The zero-order chi connectivity index (χ0) is 11.3. The van der Waals surface area contributed by atoms with Gasteiger partial charge in [0.05, 0.1) is 15.4 Å². The molecule has 15 heavy (non-hydrogen) atoms. The maximum atomic E-state index is 12.0. The summed E-state index contributed by atoms with van der Waals surface area (Å²) < 4.78 is 24.0. The predicted molar refractivity (Wildman–Crippen MR) is 57.9 cm³/mol. The highest BCUT2D eigenvalue weighted by Gasteiger charge is 2.37. The molecule has 1 heterocycles. The molecule has 80 valence electrons. The minimum atomic E-state index is -3.49. The fourth-order valence-corrected chi connectivity index (χ4v) is 3.56. The van der Waals surface area contributed by atoms with E-state index in [0.29, 0.717) is 5.56 Å². The highest BCUT2D eigenvalue weighted by Crippen LogP contribution is 2.37. The van der Waals surface area contributed by atoms with Gasteiger partial charge in [-0.15, -0.1) is 0 Å². The number of fused-ring (bicyclic) bond motifs is 1. The molecule has 4 heteroatoms. The summed E-state index contributed by atoms with van der Waals surface area (Å²) in [4.78, 5) is 0.346. The topological polar surface area (TPSA) is 54.4 Å². The van der Waals surface area contributed by atoms with Crippen LogP contribution in [-0.4, -0.2) is 19.1 Å². The molecule has 1 N–H and O–H groups in total. The molecule has 0 amide bonds. The molecule has 0 aromatic heterocycles. The third kappa shape index (κ3) is 1.50. The third-order valence-corrected chi connectivity index (χ3v) is 4.53. The van der Waals surface area contributed by atoms with Crippen molar-refractivity contribution in [1.82, 2.24) is 0 Å². The minimum Gasteiger partial charge on any atom is -0.385 e. The van der Waals surface area contributed by atoms with Gasteiger partial charge in [-0.1, -0.05) is 18.2 Å². The van der Waals surface area contributed by atoms with Crippen molar-refractivity contribution >= 4 is 15.9 Å². The van der Waals surface area contributed by atoms with Crippen LogP contribution in [0, 0.1) is 0 Å². The van der Waals surface area contributed by atoms with Gasteiger partial charge in [0.15, 0.2) is 0 Å². The van der Waals surface area contributed by atoms with Crippen LogP contribution in [0.2, 0.25) is 0 Å². The van der Waals surface area contributed by atoms with E-state index in [1.165, 1.54) is 19.9 Å². The van der Waals surface area contributed by atoms with E-state index < -0.39 is 15.4 Å². The Kier molecular flexibility index (Phi) is 2.03. The first-order chi connectivity index (χ1) is 6.83. The first-order valence-electron chi connectivity index (χ1n) is 4.62. The molecular formula is C11H12O3S. The smallest absolute Gasteiger partial charge is 0.206 e. The summed E-state index contributed by atoms with van der Waals surface area (Å²) in [6.07, 6.45) is 1.53. The summed E-state index contributed by atoms with van der Waals surface area (Å²) >= 11 is 0. The first-order valence-corrected chi connectivity index (χ1v) is 6.10. The Morgan fingerprint density at radius 1 is 1.20 bits per heavy atom. The van der Waals surface area contributed by atoms with E-state index in [4.69, 9.17) is 0 Å². The molecule has 0 saturated heterocycles. The van der Waals surface area contributed by atoms with E-state index >= 15 is 0 Å². The summed E-state index contributed by atoms with van der Waals surface area (Å²) in [5.41, 5.74) is -0.688. The Morgan fingerprint density at radius 2 is 1.80 bits per heavy atom. The molecule has 0 bridgehead atoms. The molecule has 0 unspecified atom stereocenters. The second kappa shape index (κ2) is 2.93. The molecule has 0 radical (unpaired) electrons. The second-order valence-electron chi connectivity index (χ2n) is 4.11. The molecule has 0 saturated carbocycles. The monoisotopic (exact) mass is 224 g/mol. The highest BCUT2D eigenvalue weighted by molar-refractivity contribution is 7.96. The van der Waals surface area contributed by atoms with Crippen LogP contribution in [0.25, 0.3) is 6.08 Å². The van der Waals surface area contributed by atoms with Crippen LogP contribution in [0.4, 0.5) is 0 Å². The van der Waals surface area contributed by atoms with Crippen LogP contribution in [0.3, 0.4) is 0 Å².